The summed E-state index contributed by atoms with van der Waals surface area (Å²) in [6.07, 6.45) is 2.57. The maximum absolute atomic E-state index is 11.6. The molecule has 0 unspecified atom stereocenters. The number of hydrogen-bond donors (Lipinski definition) is 2. The minimum Gasteiger partial charge on any atom is -0.366 e. The van der Waals surface area contributed by atoms with Gasteiger partial charge in [0.05, 0.1) is 12.5 Å². The van der Waals surface area contributed by atoms with Crippen LogP contribution in [0.2, 0.25) is 25.7 Å². The van der Waals surface area contributed by atoms with Crippen molar-refractivity contribution in [3.63, 3.8) is 0 Å². The monoisotopic (exact) mass is 277 g/mol. The Morgan fingerprint density at radius 1 is 1.47 bits per heavy atom. The highest BCUT2D eigenvalue weighted by molar-refractivity contribution is 7.89. The fourth-order valence-electron chi connectivity index (χ4n) is 1.04. The Balaban J connectivity index is 2.28. The smallest absolute Gasteiger partial charge is 0.259 e. The summed E-state index contributed by atoms with van der Waals surface area (Å²) in [5, 5.41) is 0.0475. The van der Waals surface area contributed by atoms with E-state index in [1.54, 1.807) is 0 Å². The molecule has 98 valence electrons. The van der Waals surface area contributed by atoms with Crippen LogP contribution in [-0.2, 0) is 14.8 Å². The first kappa shape index (κ1) is 14.4. The van der Waals surface area contributed by atoms with Crippen molar-refractivity contribution in [2.75, 3.05) is 13.3 Å². The molecule has 1 heterocycles. The van der Waals surface area contributed by atoms with Gasteiger partial charge in [-0.05, 0) is 6.04 Å². The Bertz CT molecular complexity index is 425. The molecule has 0 amide bonds. The second-order valence-corrected chi connectivity index (χ2v) is 12.3. The zero-order chi connectivity index (χ0) is 12.9. The fourth-order valence-corrected chi connectivity index (χ4v) is 2.60. The lowest BCUT2D eigenvalue weighted by atomic mass is 10.8. The SMILES string of the molecule is C[Si](C)(C)CCOCNS(=O)(=O)c1cnc[nH]1. The lowest BCUT2D eigenvalue weighted by Gasteiger charge is -2.15. The average molecular weight is 277 g/mol. The zero-order valence-electron chi connectivity index (χ0n) is 10.4. The Hall–Kier alpha value is -0.703. The Morgan fingerprint density at radius 3 is 2.71 bits per heavy atom. The van der Waals surface area contributed by atoms with Gasteiger partial charge in [-0.2, -0.15) is 4.72 Å². The second-order valence-electron chi connectivity index (χ2n) is 4.93. The van der Waals surface area contributed by atoms with E-state index >= 15 is 0 Å². The molecule has 0 spiro atoms. The number of ether oxygens (including phenoxy) is 1. The number of aromatic amines is 1. The molecule has 2 N–H and O–H groups in total. The van der Waals surface area contributed by atoms with Crippen molar-refractivity contribution in [3.8, 4) is 0 Å². The van der Waals surface area contributed by atoms with Gasteiger partial charge in [0.2, 0.25) is 0 Å². The van der Waals surface area contributed by atoms with Crippen LogP contribution >= 0.6 is 0 Å². The van der Waals surface area contributed by atoms with Crippen LogP contribution in [0.4, 0.5) is 0 Å². The Labute approximate surface area is 103 Å². The van der Waals surface area contributed by atoms with E-state index in [0.717, 1.165) is 6.04 Å². The quantitative estimate of drug-likeness (QED) is 0.442. The molecule has 8 heteroatoms. The van der Waals surface area contributed by atoms with Crippen LogP contribution in [0.3, 0.4) is 0 Å². The second kappa shape index (κ2) is 5.76. The molecule has 0 saturated carbocycles. The van der Waals surface area contributed by atoms with Gasteiger partial charge in [0, 0.05) is 14.7 Å². The largest absolute Gasteiger partial charge is 0.366 e. The van der Waals surface area contributed by atoms with E-state index in [2.05, 4.69) is 34.3 Å². The highest BCUT2D eigenvalue weighted by atomic mass is 32.2. The highest BCUT2D eigenvalue weighted by Gasteiger charge is 2.15. The minimum absolute atomic E-state index is 0.00810. The van der Waals surface area contributed by atoms with Crippen LogP contribution in [0.5, 0.6) is 0 Å². The molecule has 0 aliphatic carbocycles. The van der Waals surface area contributed by atoms with E-state index in [1.165, 1.54) is 12.5 Å². The molecule has 1 aromatic rings. The Morgan fingerprint density at radius 2 is 2.18 bits per heavy atom. The molecule has 0 aliphatic rings. The topological polar surface area (TPSA) is 84.1 Å². The summed E-state index contributed by atoms with van der Waals surface area (Å²) in [5.74, 6) is 0. The van der Waals surface area contributed by atoms with Gasteiger partial charge >= 0.3 is 0 Å². The number of sulfonamides is 1. The summed E-state index contributed by atoms with van der Waals surface area (Å²) in [5.41, 5.74) is 0. The van der Waals surface area contributed by atoms with E-state index in [1.807, 2.05) is 0 Å². The van der Waals surface area contributed by atoms with Crippen molar-refractivity contribution in [3.05, 3.63) is 12.5 Å². The molecule has 0 aromatic carbocycles. The zero-order valence-corrected chi connectivity index (χ0v) is 12.2. The van der Waals surface area contributed by atoms with Crippen LogP contribution in [0.15, 0.2) is 17.6 Å². The fraction of sp³-hybridized carbons (Fsp3) is 0.667. The number of hydrogen-bond acceptors (Lipinski definition) is 4. The minimum atomic E-state index is -3.51. The van der Waals surface area contributed by atoms with Gasteiger partial charge in [-0.15, -0.1) is 0 Å². The van der Waals surface area contributed by atoms with Crippen molar-refractivity contribution in [2.45, 2.75) is 30.7 Å². The predicted octanol–water partition coefficient (Wildman–Crippen LogP) is 1.00. The van der Waals surface area contributed by atoms with Gasteiger partial charge in [0.15, 0.2) is 5.03 Å². The maximum atomic E-state index is 11.6. The number of nitrogens with zero attached hydrogens (tertiary/aromatic N) is 1. The molecule has 0 saturated heterocycles. The van der Waals surface area contributed by atoms with Crippen molar-refractivity contribution in [1.82, 2.24) is 14.7 Å². The molecule has 6 nitrogen and oxygen atoms in total. The molecule has 0 aliphatic heterocycles. The van der Waals surface area contributed by atoms with E-state index in [0.29, 0.717) is 6.61 Å². The standard InChI is InChI=1S/C9H19N3O3SSi/c1-17(2,3)5-4-15-8-12-16(13,14)9-6-10-7-11-9/h6-7,12H,4-5,8H2,1-3H3,(H,10,11). The lowest BCUT2D eigenvalue weighted by Crippen LogP contribution is -2.28. The van der Waals surface area contributed by atoms with E-state index in [9.17, 15) is 8.42 Å². The van der Waals surface area contributed by atoms with Gasteiger partial charge in [0.1, 0.15) is 6.73 Å². The molecular weight excluding hydrogens is 258 g/mol. The summed E-state index contributed by atoms with van der Waals surface area (Å²) < 4.78 is 30.8. The first-order valence-corrected chi connectivity index (χ1v) is 10.6. The maximum Gasteiger partial charge on any atom is 0.259 e. The molecular formula is C9H19N3O3SSi. The van der Waals surface area contributed by atoms with Crippen LogP contribution < -0.4 is 4.72 Å². The van der Waals surface area contributed by atoms with E-state index in [4.69, 9.17) is 4.74 Å². The summed E-state index contributed by atoms with van der Waals surface area (Å²) in [4.78, 5) is 6.19. The third kappa shape index (κ3) is 5.44. The van der Waals surface area contributed by atoms with Crippen molar-refractivity contribution in [2.24, 2.45) is 0 Å². The normalized spacial score (nSPS) is 12.9. The van der Waals surface area contributed by atoms with Crippen LogP contribution in [-0.4, -0.2) is 39.8 Å². The molecule has 0 bridgehead atoms. The number of nitrogens with one attached hydrogen (secondary N) is 2. The van der Waals surface area contributed by atoms with Crippen LogP contribution in [0.25, 0.3) is 0 Å². The van der Waals surface area contributed by atoms with Gasteiger partial charge in [-0.1, -0.05) is 19.6 Å². The van der Waals surface area contributed by atoms with E-state index < -0.39 is 18.1 Å². The number of imidazole rings is 1. The average Bonchev–Trinajstić information content (AvgIpc) is 2.68. The third-order valence-corrected chi connectivity index (χ3v) is 5.11. The van der Waals surface area contributed by atoms with Gasteiger partial charge < -0.3 is 9.72 Å². The predicted molar refractivity (Wildman–Crippen MR) is 67.9 cm³/mol. The first-order chi connectivity index (χ1) is 7.81. The number of rotatable bonds is 7. The van der Waals surface area contributed by atoms with Crippen LogP contribution in [0, 0.1) is 0 Å². The van der Waals surface area contributed by atoms with E-state index in [-0.39, 0.29) is 11.8 Å². The molecule has 0 atom stereocenters. The van der Waals surface area contributed by atoms with Gasteiger partial charge in [-0.3, -0.25) is 0 Å². The molecule has 1 rings (SSSR count). The van der Waals surface area contributed by atoms with Crippen molar-refractivity contribution >= 4 is 18.1 Å². The molecule has 1 aromatic heterocycles. The Kier molecular flexibility index (Phi) is 4.87. The van der Waals surface area contributed by atoms with Gasteiger partial charge in [0.25, 0.3) is 10.0 Å². The van der Waals surface area contributed by atoms with Crippen molar-refractivity contribution in [1.29, 1.82) is 0 Å². The molecule has 0 fully saturated rings. The van der Waals surface area contributed by atoms with Crippen molar-refractivity contribution < 1.29 is 13.2 Å². The highest BCUT2D eigenvalue weighted by Crippen LogP contribution is 2.07. The summed E-state index contributed by atoms with van der Waals surface area (Å²) >= 11 is 0. The first-order valence-electron chi connectivity index (χ1n) is 5.37. The van der Waals surface area contributed by atoms with Crippen LogP contribution in [0.1, 0.15) is 0 Å². The lowest BCUT2D eigenvalue weighted by molar-refractivity contribution is 0.143. The summed E-state index contributed by atoms with van der Waals surface area (Å²) in [7, 11) is -4.64. The number of aromatic nitrogens is 2. The molecule has 17 heavy (non-hydrogen) atoms. The number of H-pyrrole nitrogens is 1. The van der Waals surface area contributed by atoms with Gasteiger partial charge in [-0.25, -0.2) is 13.4 Å². The summed E-state index contributed by atoms with van der Waals surface area (Å²) in [6, 6.07) is 1.01. The summed E-state index contributed by atoms with van der Waals surface area (Å²) in [6.45, 7) is 7.30. The third-order valence-electron chi connectivity index (χ3n) is 2.11. The molecule has 0 radical (unpaired) electrons.